The van der Waals surface area contributed by atoms with Crippen LogP contribution < -0.4 is 19.8 Å². The Labute approximate surface area is 230 Å². The quantitative estimate of drug-likeness (QED) is 0.412. The number of aryl methyl sites for hydroxylation is 1. The first-order chi connectivity index (χ1) is 18.6. The summed E-state index contributed by atoms with van der Waals surface area (Å²) in [5.41, 5.74) is 2.89. The molecule has 5 rings (SSSR count). The number of nitrogens with zero attached hydrogens (tertiary/aromatic N) is 4. The van der Waals surface area contributed by atoms with Crippen molar-refractivity contribution in [1.82, 2.24) is 9.97 Å². The first kappa shape index (κ1) is 27.9. The van der Waals surface area contributed by atoms with Crippen molar-refractivity contribution in [1.29, 1.82) is 0 Å². The summed E-state index contributed by atoms with van der Waals surface area (Å²) >= 11 is -1.48. The average Bonchev–Trinajstić information content (AvgIpc) is 3.66. The van der Waals surface area contributed by atoms with Crippen molar-refractivity contribution >= 4 is 40.4 Å². The van der Waals surface area contributed by atoms with E-state index in [0.29, 0.717) is 34.1 Å². The van der Waals surface area contributed by atoms with Gasteiger partial charge < -0.3 is 24.8 Å². The van der Waals surface area contributed by atoms with E-state index >= 15 is 0 Å². The maximum absolute atomic E-state index is 13.6. The van der Waals surface area contributed by atoms with Gasteiger partial charge in [0.05, 0.1) is 34.9 Å². The molecule has 2 saturated heterocycles. The van der Waals surface area contributed by atoms with E-state index in [4.69, 9.17) is 0 Å². The minimum Gasteiger partial charge on any atom is -0.593 e. The number of aliphatic hydroxyl groups excluding tert-OH is 1. The molecule has 9 nitrogen and oxygen atoms in total. The molecule has 3 fully saturated rings. The summed E-state index contributed by atoms with van der Waals surface area (Å²) in [5.74, 6) is -2.39. The summed E-state index contributed by atoms with van der Waals surface area (Å²) < 4.78 is 42.7. The number of rotatable bonds is 8. The van der Waals surface area contributed by atoms with Crippen LogP contribution in [0.2, 0.25) is 0 Å². The van der Waals surface area contributed by atoms with Crippen molar-refractivity contribution in [3.8, 4) is 0 Å². The Bertz CT molecular complexity index is 1190. The van der Waals surface area contributed by atoms with Crippen LogP contribution in [-0.4, -0.2) is 69.5 Å². The summed E-state index contributed by atoms with van der Waals surface area (Å²) in [7, 11) is 0. The SMILES string of the molecule is Cc1cc(NC(=O)c2ccc(N[S+]([O-])[C@H](C)CO)cc2N2CCC3(CC2)CC3)nc(N2CCC(F)(F)CC2)n1. The molecule has 1 aromatic carbocycles. The Balaban J connectivity index is 1.37. The van der Waals surface area contributed by atoms with Gasteiger partial charge in [0.1, 0.15) is 5.82 Å². The molecule has 0 bridgehead atoms. The maximum atomic E-state index is 13.6. The molecule has 12 heteroatoms. The highest BCUT2D eigenvalue weighted by Crippen LogP contribution is 2.54. The molecule has 2 atom stereocenters. The normalized spacial score (nSPS) is 21.4. The van der Waals surface area contributed by atoms with E-state index in [1.54, 1.807) is 36.9 Å². The van der Waals surface area contributed by atoms with E-state index in [0.717, 1.165) is 31.6 Å². The first-order valence-electron chi connectivity index (χ1n) is 13.5. The molecule has 1 spiro atoms. The zero-order valence-electron chi connectivity index (χ0n) is 22.4. The summed E-state index contributed by atoms with van der Waals surface area (Å²) in [4.78, 5) is 26.4. The van der Waals surface area contributed by atoms with Gasteiger partial charge in [-0.1, -0.05) is 0 Å². The highest BCUT2D eigenvalue weighted by molar-refractivity contribution is 7.93. The van der Waals surface area contributed by atoms with Gasteiger partial charge in [-0.15, -0.1) is 0 Å². The molecule has 1 saturated carbocycles. The molecular weight excluding hydrogens is 526 g/mol. The lowest BCUT2D eigenvalue weighted by molar-refractivity contribution is -0.0222. The number of nitrogens with one attached hydrogen (secondary N) is 2. The van der Waals surface area contributed by atoms with Gasteiger partial charge in [0.2, 0.25) is 5.95 Å². The average molecular weight is 563 g/mol. The van der Waals surface area contributed by atoms with E-state index in [2.05, 4.69) is 24.9 Å². The van der Waals surface area contributed by atoms with Crippen LogP contribution in [-0.2, 0) is 11.4 Å². The minimum absolute atomic E-state index is 0.148. The van der Waals surface area contributed by atoms with Gasteiger partial charge in [-0.25, -0.2) is 18.5 Å². The fourth-order valence-corrected chi connectivity index (χ4v) is 5.90. The summed E-state index contributed by atoms with van der Waals surface area (Å²) in [6.45, 7) is 5.22. The lowest BCUT2D eigenvalue weighted by atomic mass is 9.93. The monoisotopic (exact) mass is 562 g/mol. The zero-order valence-corrected chi connectivity index (χ0v) is 23.2. The second-order valence-corrected chi connectivity index (χ2v) is 12.7. The number of halogens is 2. The molecule has 212 valence electrons. The molecular formula is C27H36F2N6O3S. The van der Waals surface area contributed by atoms with Crippen molar-refractivity contribution in [2.45, 2.75) is 63.5 Å². The van der Waals surface area contributed by atoms with E-state index in [9.17, 15) is 23.2 Å². The third-order valence-electron chi connectivity index (χ3n) is 8.07. The number of carbonyl (C=O) groups excluding carboxylic acids is 1. The molecule has 2 aromatic rings. The Kier molecular flexibility index (Phi) is 7.89. The van der Waals surface area contributed by atoms with Gasteiger partial charge >= 0.3 is 0 Å². The van der Waals surface area contributed by atoms with Gasteiger partial charge in [0.15, 0.2) is 5.25 Å². The summed E-state index contributed by atoms with van der Waals surface area (Å²) in [6, 6.07) is 6.91. The molecule has 3 aliphatic rings. The second-order valence-electron chi connectivity index (χ2n) is 11.1. The predicted octanol–water partition coefficient (Wildman–Crippen LogP) is 4.11. The Hall–Kier alpha value is -2.70. The Morgan fingerprint density at radius 1 is 1.08 bits per heavy atom. The molecule has 1 aromatic heterocycles. The van der Waals surface area contributed by atoms with Gasteiger partial charge in [-0.2, -0.15) is 4.98 Å². The topological polar surface area (TPSA) is 117 Å². The third kappa shape index (κ3) is 6.55. The van der Waals surface area contributed by atoms with E-state index in [1.807, 2.05) is 6.07 Å². The van der Waals surface area contributed by atoms with Crippen LogP contribution >= 0.6 is 0 Å². The number of carbonyl (C=O) groups is 1. The van der Waals surface area contributed by atoms with E-state index < -0.39 is 22.5 Å². The van der Waals surface area contributed by atoms with Crippen LogP contribution in [0.3, 0.4) is 0 Å². The molecule has 1 unspecified atom stereocenters. The van der Waals surface area contributed by atoms with Crippen LogP contribution in [0.4, 0.5) is 31.9 Å². The molecule has 1 amide bonds. The fraction of sp³-hybridized carbons (Fsp3) is 0.593. The number of aromatic nitrogens is 2. The number of amides is 1. The maximum Gasteiger partial charge on any atom is 0.258 e. The number of piperidine rings is 2. The number of hydrogen-bond donors (Lipinski definition) is 3. The second kappa shape index (κ2) is 11.1. The number of anilines is 4. The molecule has 1 aliphatic carbocycles. The lowest BCUT2D eigenvalue weighted by Gasteiger charge is -2.35. The van der Waals surface area contributed by atoms with Crippen molar-refractivity contribution in [3.05, 3.63) is 35.5 Å². The lowest BCUT2D eigenvalue weighted by Crippen LogP contribution is -2.40. The molecule has 2 aliphatic heterocycles. The molecule has 3 heterocycles. The van der Waals surface area contributed by atoms with Gasteiger partial charge in [-0.05, 0) is 63.1 Å². The molecule has 0 radical (unpaired) electrons. The summed E-state index contributed by atoms with van der Waals surface area (Å²) in [6.07, 6.45) is 4.16. The van der Waals surface area contributed by atoms with Gasteiger partial charge in [0.25, 0.3) is 11.8 Å². The van der Waals surface area contributed by atoms with Gasteiger partial charge in [-0.3, -0.25) is 4.79 Å². The highest BCUT2D eigenvalue weighted by atomic mass is 32.2. The molecule has 3 N–H and O–H groups in total. The third-order valence-corrected chi connectivity index (χ3v) is 9.38. The standard InChI is InChI=1S/C27H36F2N6O3S/c1-18-15-23(32-25(30-18)35-13-9-27(28,29)10-14-35)31-24(37)21-4-3-20(33-39(38)19(2)17-36)16-22(21)34-11-7-26(5-6-26)8-12-34/h3-4,15-16,19,33,36H,5-14,17H2,1-2H3,(H,30,31,32,37)/t19-,39?/m1/s1. The zero-order chi connectivity index (χ0) is 27.8. The number of benzene rings is 1. The smallest absolute Gasteiger partial charge is 0.258 e. The largest absolute Gasteiger partial charge is 0.593 e. The molecule has 39 heavy (non-hydrogen) atoms. The van der Waals surface area contributed by atoms with Gasteiger partial charge in [0, 0.05) is 50.8 Å². The summed E-state index contributed by atoms with van der Waals surface area (Å²) in [5, 5.41) is 11.8. The number of alkyl halides is 2. The predicted molar refractivity (Wildman–Crippen MR) is 149 cm³/mol. The van der Waals surface area contributed by atoms with Crippen LogP contribution in [0.5, 0.6) is 0 Å². The number of aliphatic hydroxyl groups is 1. The van der Waals surface area contributed by atoms with Crippen molar-refractivity contribution < 1.29 is 23.2 Å². The Morgan fingerprint density at radius 2 is 1.74 bits per heavy atom. The minimum atomic E-state index is -2.68. The number of hydrogen-bond acceptors (Lipinski definition) is 8. The van der Waals surface area contributed by atoms with E-state index in [1.165, 1.54) is 12.8 Å². The van der Waals surface area contributed by atoms with Crippen LogP contribution in [0.25, 0.3) is 0 Å². The van der Waals surface area contributed by atoms with Crippen LogP contribution in [0, 0.1) is 12.3 Å². The van der Waals surface area contributed by atoms with Crippen molar-refractivity contribution in [2.75, 3.05) is 52.6 Å². The van der Waals surface area contributed by atoms with Crippen molar-refractivity contribution in [2.24, 2.45) is 5.41 Å². The first-order valence-corrected chi connectivity index (χ1v) is 14.7. The van der Waals surface area contributed by atoms with Crippen LogP contribution in [0.15, 0.2) is 24.3 Å². The van der Waals surface area contributed by atoms with Crippen molar-refractivity contribution in [3.63, 3.8) is 0 Å². The Morgan fingerprint density at radius 3 is 2.38 bits per heavy atom. The highest BCUT2D eigenvalue weighted by Gasteiger charge is 2.44. The van der Waals surface area contributed by atoms with Crippen LogP contribution in [0.1, 0.15) is 61.5 Å². The van der Waals surface area contributed by atoms with E-state index in [-0.39, 0.29) is 38.4 Å². The fourth-order valence-electron chi connectivity index (χ4n) is 5.21.